The van der Waals surface area contributed by atoms with E-state index in [1.807, 2.05) is 42.5 Å². The molecule has 0 spiro atoms. The Labute approximate surface area is 189 Å². The van der Waals surface area contributed by atoms with Gasteiger partial charge >= 0.3 is 0 Å². The average molecular weight is 437 g/mol. The second-order valence-corrected chi connectivity index (χ2v) is 8.64. The smallest absolute Gasteiger partial charge is 0.239 e. The number of amides is 2. The maximum absolute atomic E-state index is 13.0. The monoisotopic (exact) mass is 436 g/mol. The van der Waals surface area contributed by atoms with Crippen LogP contribution in [0.15, 0.2) is 54.6 Å². The van der Waals surface area contributed by atoms with Gasteiger partial charge in [-0.3, -0.25) is 19.4 Å². The molecular formula is C25H32N4O3. The summed E-state index contributed by atoms with van der Waals surface area (Å²) in [5, 5.41) is 6.08. The third-order valence-corrected chi connectivity index (χ3v) is 6.66. The number of rotatable bonds is 7. The Kier molecular flexibility index (Phi) is 7.07. The Morgan fingerprint density at radius 1 is 1.16 bits per heavy atom. The van der Waals surface area contributed by atoms with Gasteiger partial charge in [-0.2, -0.15) is 0 Å². The molecule has 7 nitrogen and oxygen atoms in total. The van der Waals surface area contributed by atoms with Crippen LogP contribution in [0.2, 0.25) is 0 Å². The summed E-state index contributed by atoms with van der Waals surface area (Å²) in [6.45, 7) is 2.17. The van der Waals surface area contributed by atoms with Gasteiger partial charge in [-0.05, 0) is 49.7 Å². The van der Waals surface area contributed by atoms with Crippen molar-refractivity contribution in [3.63, 3.8) is 0 Å². The van der Waals surface area contributed by atoms with Crippen LogP contribution in [-0.4, -0.2) is 67.0 Å². The lowest BCUT2D eigenvalue weighted by molar-refractivity contribution is -0.126. The quantitative estimate of drug-likeness (QED) is 0.698. The Balaban J connectivity index is 1.36. The van der Waals surface area contributed by atoms with Crippen molar-refractivity contribution in [1.29, 1.82) is 0 Å². The van der Waals surface area contributed by atoms with Gasteiger partial charge in [-0.25, -0.2) is 0 Å². The molecule has 0 saturated carbocycles. The van der Waals surface area contributed by atoms with Crippen molar-refractivity contribution in [2.24, 2.45) is 0 Å². The second kappa shape index (κ2) is 10.1. The Bertz CT molecular complexity index is 919. The summed E-state index contributed by atoms with van der Waals surface area (Å²) in [6, 6.07) is 17.6. The fraction of sp³-hybridized carbons (Fsp3) is 0.440. The molecule has 2 aromatic carbocycles. The highest BCUT2D eigenvalue weighted by Gasteiger charge is 2.44. The molecule has 170 valence electrons. The zero-order valence-electron chi connectivity index (χ0n) is 18.8. The Morgan fingerprint density at radius 3 is 2.62 bits per heavy atom. The number of likely N-dealkylation sites (N-methyl/N-ethyl adjacent to an activating group) is 1. The molecule has 0 aromatic heterocycles. The summed E-state index contributed by atoms with van der Waals surface area (Å²) in [4.78, 5) is 30.0. The second-order valence-electron chi connectivity index (χ2n) is 8.64. The number of nitrogens with one attached hydrogen (secondary N) is 2. The minimum Gasteiger partial charge on any atom is -0.497 e. The lowest BCUT2D eigenvalue weighted by Crippen LogP contribution is -2.49. The number of ether oxygens (including phenoxy) is 1. The van der Waals surface area contributed by atoms with Crippen molar-refractivity contribution in [3.05, 3.63) is 60.2 Å². The number of likely N-dealkylation sites (tertiary alicyclic amines) is 1. The van der Waals surface area contributed by atoms with E-state index >= 15 is 0 Å². The van der Waals surface area contributed by atoms with Gasteiger partial charge in [0.25, 0.3) is 0 Å². The third-order valence-electron chi connectivity index (χ3n) is 6.66. The summed E-state index contributed by atoms with van der Waals surface area (Å²) in [6.07, 6.45) is 2.07. The molecule has 2 heterocycles. The first-order chi connectivity index (χ1) is 15.5. The van der Waals surface area contributed by atoms with Crippen molar-refractivity contribution in [1.82, 2.24) is 15.1 Å². The van der Waals surface area contributed by atoms with Crippen LogP contribution < -0.4 is 15.4 Å². The zero-order chi connectivity index (χ0) is 22.5. The van der Waals surface area contributed by atoms with Crippen molar-refractivity contribution >= 4 is 17.5 Å². The van der Waals surface area contributed by atoms with Gasteiger partial charge < -0.3 is 15.4 Å². The van der Waals surface area contributed by atoms with E-state index in [9.17, 15) is 9.59 Å². The number of benzene rings is 2. The Hall–Kier alpha value is -2.90. The van der Waals surface area contributed by atoms with E-state index < -0.39 is 0 Å². The van der Waals surface area contributed by atoms with Gasteiger partial charge in [-0.1, -0.05) is 30.3 Å². The molecule has 0 bridgehead atoms. The molecule has 2 aliphatic rings. The summed E-state index contributed by atoms with van der Waals surface area (Å²) >= 11 is 0. The number of hydrogen-bond acceptors (Lipinski definition) is 5. The number of para-hydroxylation sites is 1. The molecule has 2 N–H and O–H groups in total. The molecule has 0 radical (unpaired) electrons. The predicted octanol–water partition coefficient (Wildman–Crippen LogP) is 2.49. The van der Waals surface area contributed by atoms with Gasteiger partial charge in [0.1, 0.15) is 11.8 Å². The van der Waals surface area contributed by atoms with Crippen molar-refractivity contribution in [2.45, 2.75) is 43.9 Å². The number of methoxy groups -OCH3 is 1. The lowest BCUT2D eigenvalue weighted by atomic mass is 10.0. The summed E-state index contributed by atoms with van der Waals surface area (Å²) in [7, 11) is 3.75. The first-order valence-electron chi connectivity index (χ1n) is 11.3. The van der Waals surface area contributed by atoms with Crippen LogP contribution in [-0.2, 0) is 16.1 Å². The van der Waals surface area contributed by atoms with Crippen LogP contribution in [0.3, 0.4) is 0 Å². The number of carbonyl (C=O) groups excluding carboxylic acids is 2. The normalized spacial score (nSPS) is 23.8. The van der Waals surface area contributed by atoms with E-state index in [4.69, 9.17) is 4.74 Å². The highest BCUT2D eigenvalue weighted by molar-refractivity contribution is 5.90. The standard InChI is InChI=1S/C25H32N4O3/c1-28-20(10-13-23(30)27-19-6-4-3-5-7-19)16-26-25(31)24-22(28)14-15-29(24)17-18-8-11-21(32-2)12-9-18/h3-9,11-12,20,22,24H,10,13-17H2,1-2H3,(H,26,31)(H,27,30). The predicted molar refractivity (Wildman–Crippen MR) is 124 cm³/mol. The van der Waals surface area contributed by atoms with Gasteiger partial charge in [0.2, 0.25) is 11.8 Å². The Morgan fingerprint density at radius 2 is 1.91 bits per heavy atom. The van der Waals surface area contributed by atoms with Gasteiger partial charge in [-0.15, -0.1) is 0 Å². The highest BCUT2D eigenvalue weighted by atomic mass is 16.5. The van der Waals surface area contributed by atoms with E-state index in [0.29, 0.717) is 19.4 Å². The molecule has 2 fully saturated rings. The molecular weight excluding hydrogens is 404 g/mol. The van der Waals surface area contributed by atoms with Crippen LogP contribution >= 0.6 is 0 Å². The minimum absolute atomic E-state index is 0.00396. The number of carbonyl (C=O) groups is 2. The maximum Gasteiger partial charge on any atom is 0.239 e. The van der Waals surface area contributed by atoms with Crippen molar-refractivity contribution < 1.29 is 14.3 Å². The molecule has 2 saturated heterocycles. The molecule has 4 rings (SSSR count). The first kappa shape index (κ1) is 22.3. The van der Waals surface area contributed by atoms with E-state index in [1.165, 1.54) is 5.56 Å². The molecule has 7 heteroatoms. The largest absolute Gasteiger partial charge is 0.497 e. The molecule has 2 aromatic rings. The van der Waals surface area contributed by atoms with Gasteiger partial charge in [0.15, 0.2) is 0 Å². The van der Waals surface area contributed by atoms with Crippen molar-refractivity contribution in [2.75, 3.05) is 32.6 Å². The fourth-order valence-corrected chi connectivity index (χ4v) is 4.83. The topological polar surface area (TPSA) is 73.9 Å². The fourth-order valence-electron chi connectivity index (χ4n) is 4.83. The van der Waals surface area contributed by atoms with Gasteiger partial charge in [0.05, 0.1) is 7.11 Å². The van der Waals surface area contributed by atoms with Crippen LogP contribution in [0.25, 0.3) is 0 Å². The first-order valence-corrected chi connectivity index (χ1v) is 11.3. The number of hydrogen-bond donors (Lipinski definition) is 2. The average Bonchev–Trinajstić information content (AvgIpc) is 3.18. The maximum atomic E-state index is 13.0. The summed E-state index contributed by atoms with van der Waals surface area (Å²) in [5.74, 6) is 0.924. The van der Waals surface area contributed by atoms with Crippen LogP contribution in [0.4, 0.5) is 5.69 Å². The highest BCUT2D eigenvalue weighted by Crippen LogP contribution is 2.29. The molecule has 32 heavy (non-hydrogen) atoms. The van der Waals surface area contributed by atoms with Crippen LogP contribution in [0.1, 0.15) is 24.8 Å². The number of anilines is 1. The summed E-state index contributed by atoms with van der Waals surface area (Å²) < 4.78 is 5.24. The van der Waals surface area contributed by atoms with E-state index in [2.05, 4.69) is 39.6 Å². The SMILES string of the molecule is COc1ccc(CN2CCC3C2C(=O)NCC(CCC(=O)Nc2ccccc2)N3C)cc1. The summed E-state index contributed by atoms with van der Waals surface area (Å²) in [5.41, 5.74) is 1.98. The molecule has 0 aliphatic carbocycles. The third kappa shape index (κ3) is 5.11. The molecule has 2 amide bonds. The minimum atomic E-state index is -0.176. The zero-order valence-corrected chi connectivity index (χ0v) is 18.8. The van der Waals surface area contributed by atoms with E-state index in [0.717, 1.165) is 30.9 Å². The van der Waals surface area contributed by atoms with Crippen molar-refractivity contribution in [3.8, 4) is 5.75 Å². The molecule has 2 aliphatic heterocycles. The molecule has 3 atom stereocenters. The van der Waals surface area contributed by atoms with Crippen LogP contribution in [0, 0.1) is 0 Å². The van der Waals surface area contributed by atoms with Gasteiger partial charge in [0, 0.05) is 43.8 Å². The van der Waals surface area contributed by atoms with E-state index in [-0.39, 0.29) is 29.9 Å². The number of fused-ring (bicyclic) bond motifs is 1. The number of nitrogens with zero attached hydrogens (tertiary/aromatic N) is 2. The molecule has 3 unspecified atom stereocenters. The lowest BCUT2D eigenvalue weighted by Gasteiger charge is -2.33. The van der Waals surface area contributed by atoms with E-state index in [1.54, 1.807) is 7.11 Å². The van der Waals surface area contributed by atoms with Crippen LogP contribution in [0.5, 0.6) is 5.75 Å².